The van der Waals surface area contributed by atoms with Crippen molar-refractivity contribution in [2.45, 2.75) is 38.6 Å². The maximum absolute atomic E-state index is 12.4. The highest BCUT2D eigenvalue weighted by Crippen LogP contribution is 2.24. The summed E-state index contributed by atoms with van der Waals surface area (Å²) in [4.78, 5) is 19.4. The van der Waals surface area contributed by atoms with Gasteiger partial charge in [-0.2, -0.15) is 0 Å². The van der Waals surface area contributed by atoms with Crippen molar-refractivity contribution in [2.24, 2.45) is 5.73 Å². The fourth-order valence-electron chi connectivity index (χ4n) is 2.40. The van der Waals surface area contributed by atoms with E-state index in [0.29, 0.717) is 12.6 Å². The van der Waals surface area contributed by atoms with Crippen LogP contribution in [0.3, 0.4) is 0 Å². The predicted octanol–water partition coefficient (Wildman–Crippen LogP) is 2.64. The van der Waals surface area contributed by atoms with Crippen LogP contribution in [0.2, 0.25) is 0 Å². The fraction of sp³-hybridized carbons (Fsp3) is 0.667. The molecule has 19 heavy (non-hydrogen) atoms. The number of halogens is 2. The zero-order chi connectivity index (χ0) is 12.3. The van der Waals surface area contributed by atoms with Crippen molar-refractivity contribution in [2.75, 3.05) is 13.1 Å². The number of likely N-dealkylation sites (tertiary alicyclic amines) is 1. The molecule has 2 N–H and O–H groups in total. The number of hydrogen-bond acceptors (Lipinski definition) is 4. The smallest absolute Gasteiger partial charge is 0.266 e. The number of aromatic nitrogens is 1. The second-order valence-electron chi connectivity index (χ2n) is 4.49. The van der Waals surface area contributed by atoms with Gasteiger partial charge in [-0.15, -0.1) is 36.2 Å². The van der Waals surface area contributed by atoms with Crippen molar-refractivity contribution >= 4 is 42.1 Å². The standard InChI is InChI=1S/C12H19N3OS.2ClH/c1-9-11(17-8-14-9)12(16)15-7-3-2-4-10(15)5-6-13;;/h8,10H,2-7,13H2,1H3;2*1H. The Kier molecular flexibility index (Phi) is 8.57. The minimum Gasteiger partial charge on any atom is -0.335 e. The van der Waals surface area contributed by atoms with Gasteiger partial charge in [0, 0.05) is 12.6 Å². The number of piperidine rings is 1. The van der Waals surface area contributed by atoms with Crippen molar-refractivity contribution in [1.29, 1.82) is 0 Å². The third-order valence-electron chi connectivity index (χ3n) is 3.33. The topological polar surface area (TPSA) is 59.2 Å². The molecular formula is C12H21Cl2N3OS. The van der Waals surface area contributed by atoms with Crippen molar-refractivity contribution in [1.82, 2.24) is 9.88 Å². The second kappa shape index (κ2) is 8.74. The molecule has 0 saturated carbocycles. The molecule has 2 heterocycles. The molecule has 0 bridgehead atoms. The first kappa shape index (κ1) is 18.6. The lowest BCUT2D eigenvalue weighted by Crippen LogP contribution is -2.44. The molecule has 1 aliphatic heterocycles. The van der Waals surface area contributed by atoms with Crippen molar-refractivity contribution in [3.05, 3.63) is 16.1 Å². The summed E-state index contributed by atoms with van der Waals surface area (Å²) >= 11 is 1.44. The number of nitrogens with two attached hydrogens (primary N) is 1. The van der Waals surface area contributed by atoms with Crippen LogP contribution in [0.1, 0.15) is 41.0 Å². The van der Waals surface area contributed by atoms with Crippen molar-refractivity contribution < 1.29 is 4.79 Å². The van der Waals surface area contributed by atoms with Gasteiger partial charge in [0.05, 0.1) is 11.2 Å². The van der Waals surface area contributed by atoms with Crippen LogP contribution in [0.4, 0.5) is 0 Å². The van der Waals surface area contributed by atoms with Gasteiger partial charge in [0.25, 0.3) is 5.91 Å². The van der Waals surface area contributed by atoms with Crippen LogP contribution in [0.5, 0.6) is 0 Å². The molecule has 110 valence electrons. The molecule has 1 amide bonds. The Morgan fingerprint density at radius 2 is 2.26 bits per heavy atom. The highest BCUT2D eigenvalue weighted by molar-refractivity contribution is 7.11. The first-order chi connectivity index (χ1) is 8.24. The van der Waals surface area contributed by atoms with E-state index >= 15 is 0 Å². The summed E-state index contributed by atoms with van der Waals surface area (Å²) in [7, 11) is 0. The molecule has 0 spiro atoms. The minimum atomic E-state index is 0. The van der Waals surface area contributed by atoms with Crippen molar-refractivity contribution in [3.8, 4) is 0 Å². The molecule has 2 rings (SSSR count). The van der Waals surface area contributed by atoms with E-state index < -0.39 is 0 Å². The van der Waals surface area contributed by atoms with Crippen LogP contribution in [-0.2, 0) is 0 Å². The normalized spacial score (nSPS) is 18.4. The number of carbonyl (C=O) groups excluding carboxylic acids is 1. The Bertz CT molecular complexity index is 398. The van der Waals surface area contributed by atoms with E-state index in [-0.39, 0.29) is 30.7 Å². The minimum absolute atomic E-state index is 0. The number of thiazole rings is 1. The first-order valence-electron chi connectivity index (χ1n) is 6.15. The van der Waals surface area contributed by atoms with Crippen LogP contribution < -0.4 is 5.73 Å². The summed E-state index contributed by atoms with van der Waals surface area (Å²) < 4.78 is 0. The summed E-state index contributed by atoms with van der Waals surface area (Å²) in [6.07, 6.45) is 4.30. The summed E-state index contributed by atoms with van der Waals surface area (Å²) in [5, 5.41) is 0. The van der Waals surface area contributed by atoms with Gasteiger partial charge in [0.2, 0.25) is 0 Å². The van der Waals surface area contributed by atoms with Gasteiger partial charge in [-0.05, 0) is 39.2 Å². The maximum atomic E-state index is 12.4. The number of nitrogens with zero attached hydrogens (tertiary/aromatic N) is 2. The average Bonchev–Trinajstić information content (AvgIpc) is 2.76. The Morgan fingerprint density at radius 3 is 2.84 bits per heavy atom. The average molecular weight is 326 g/mol. The molecule has 4 nitrogen and oxygen atoms in total. The van der Waals surface area contributed by atoms with Crippen LogP contribution in [-0.4, -0.2) is 34.9 Å². The van der Waals surface area contributed by atoms with Gasteiger partial charge in [0.1, 0.15) is 4.88 Å². The molecule has 0 aromatic carbocycles. The Labute approximate surface area is 130 Å². The fourth-order valence-corrected chi connectivity index (χ4v) is 3.16. The Balaban J connectivity index is 0.00000162. The van der Waals surface area contributed by atoms with Gasteiger partial charge in [-0.25, -0.2) is 4.98 Å². The lowest BCUT2D eigenvalue weighted by atomic mass is 9.99. The number of aryl methyl sites for hydroxylation is 1. The molecule has 0 aliphatic carbocycles. The lowest BCUT2D eigenvalue weighted by molar-refractivity contribution is 0.0609. The monoisotopic (exact) mass is 325 g/mol. The second-order valence-corrected chi connectivity index (χ2v) is 5.35. The summed E-state index contributed by atoms with van der Waals surface area (Å²) in [5.41, 5.74) is 8.21. The van der Waals surface area contributed by atoms with Crippen LogP contribution in [0, 0.1) is 6.92 Å². The van der Waals surface area contributed by atoms with E-state index in [2.05, 4.69) is 4.98 Å². The molecule has 1 fully saturated rings. The zero-order valence-electron chi connectivity index (χ0n) is 11.0. The van der Waals surface area contributed by atoms with E-state index in [9.17, 15) is 4.79 Å². The molecule has 1 saturated heterocycles. The quantitative estimate of drug-likeness (QED) is 0.929. The summed E-state index contributed by atoms with van der Waals surface area (Å²) in [6, 6.07) is 0.322. The van der Waals surface area contributed by atoms with Crippen LogP contribution in [0.15, 0.2) is 5.51 Å². The Morgan fingerprint density at radius 1 is 1.53 bits per heavy atom. The Hall–Kier alpha value is -0.360. The molecule has 1 aromatic heterocycles. The van der Waals surface area contributed by atoms with E-state index in [1.165, 1.54) is 17.8 Å². The molecule has 1 unspecified atom stereocenters. The van der Waals surface area contributed by atoms with Gasteiger partial charge in [-0.3, -0.25) is 4.79 Å². The van der Waals surface area contributed by atoms with Crippen LogP contribution >= 0.6 is 36.2 Å². The van der Waals surface area contributed by atoms with Crippen molar-refractivity contribution in [3.63, 3.8) is 0 Å². The largest absolute Gasteiger partial charge is 0.335 e. The molecular weight excluding hydrogens is 305 g/mol. The SMILES string of the molecule is Cc1ncsc1C(=O)N1CCCCC1CCN.Cl.Cl. The number of hydrogen-bond donors (Lipinski definition) is 1. The number of rotatable bonds is 3. The number of amides is 1. The summed E-state index contributed by atoms with van der Waals surface area (Å²) in [6.45, 7) is 3.41. The maximum Gasteiger partial charge on any atom is 0.266 e. The third kappa shape index (κ3) is 4.31. The molecule has 1 aliphatic rings. The molecule has 1 aromatic rings. The summed E-state index contributed by atoms with van der Waals surface area (Å²) in [5.74, 6) is 0.142. The van der Waals surface area contributed by atoms with Gasteiger partial charge < -0.3 is 10.6 Å². The van der Waals surface area contributed by atoms with Crippen LogP contribution in [0.25, 0.3) is 0 Å². The first-order valence-corrected chi connectivity index (χ1v) is 7.03. The van der Waals surface area contributed by atoms with E-state index in [4.69, 9.17) is 5.73 Å². The third-order valence-corrected chi connectivity index (χ3v) is 4.24. The van der Waals surface area contributed by atoms with E-state index in [0.717, 1.165) is 36.4 Å². The molecule has 0 radical (unpaired) electrons. The van der Waals surface area contributed by atoms with Gasteiger partial charge in [0.15, 0.2) is 0 Å². The highest BCUT2D eigenvalue weighted by atomic mass is 35.5. The number of carbonyl (C=O) groups is 1. The van der Waals surface area contributed by atoms with Gasteiger partial charge >= 0.3 is 0 Å². The highest BCUT2D eigenvalue weighted by Gasteiger charge is 2.28. The molecule has 1 atom stereocenters. The van der Waals surface area contributed by atoms with E-state index in [1.807, 2.05) is 11.8 Å². The lowest BCUT2D eigenvalue weighted by Gasteiger charge is -2.35. The van der Waals surface area contributed by atoms with E-state index in [1.54, 1.807) is 5.51 Å². The predicted molar refractivity (Wildman–Crippen MR) is 83.7 cm³/mol. The molecule has 7 heteroatoms. The zero-order valence-corrected chi connectivity index (χ0v) is 13.5. The van der Waals surface area contributed by atoms with Gasteiger partial charge in [-0.1, -0.05) is 0 Å².